The van der Waals surface area contributed by atoms with Crippen LogP contribution in [0.15, 0.2) is 5.16 Å². The molecule has 3 heteroatoms. The second kappa shape index (κ2) is 5.23. The molecule has 0 aromatic carbocycles. The van der Waals surface area contributed by atoms with Crippen molar-refractivity contribution in [2.75, 3.05) is 20.6 Å². The lowest BCUT2D eigenvalue weighted by Crippen LogP contribution is -2.13. The molecule has 0 aromatic rings. The van der Waals surface area contributed by atoms with Crippen LogP contribution < -0.4 is 0 Å². The molecule has 0 bridgehead atoms. The normalized spacial score (nSPS) is 12.6. The number of hydrogen-bond acceptors (Lipinski definition) is 3. The third-order valence-corrected chi connectivity index (χ3v) is 1.31. The van der Waals surface area contributed by atoms with Crippen LogP contribution in [-0.4, -0.2) is 36.5 Å². The van der Waals surface area contributed by atoms with Gasteiger partial charge in [0.2, 0.25) is 0 Å². The van der Waals surface area contributed by atoms with E-state index >= 15 is 0 Å². The fourth-order valence-corrected chi connectivity index (χ4v) is 0.701. The van der Waals surface area contributed by atoms with E-state index in [1.807, 2.05) is 21.0 Å². The molecule has 3 nitrogen and oxygen atoms in total. The summed E-state index contributed by atoms with van der Waals surface area (Å²) >= 11 is 0. The van der Waals surface area contributed by atoms with E-state index in [0.717, 1.165) is 25.1 Å². The predicted molar refractivity (Wildman–Crippen MR) is 42.7 cm³/mol. The Bertz CT molecular complexity index is 110. The van der Waals surface area contributed by atoms with Crippen LogP contribution >= 0.6 is 0 Å². The molecule has 10 heavy (non-hydrogen) atoms. The topological polar surface area (TPSA) is 35.8 Å². The molecule has 0 aliphatic rings. The first-order chi connectivity index (χ1) is 4.66. The summed E-state index contributed by atoms with van der Waals surface area (Å²) in [7, 11) is 4.07. The molecule has 0 aliphatic heterocycles. The quantitative estimate of drug-likeness (QED) is 0.365. The van der Waals surface area contributed by atoms with Crippen molar-refractivity contribution < 1.29 is 5.21 Å². The summed E-state index contributed by atoms with van der Waals surface area (Å²) in [5, 5.41) is 11.4. The summed E-state index contributed by atoms with van der Waals surface area (Å²) in [5.41, 5.74) is 0.807. The lowest BCUT2D eigenvalue weighted by Gasteiger charge is -2.07. The molecule has 60 valence electrons. The Balaban J connectivity index is 3.20. The highest BCUT2D eigenvalue weighted by molar-refractivity contribution is 5.81. The molecule has 0 heterocycles. The Hall–Kier alpha value is -0.570. The van der Waals surface area contributed by atoms with E-state index in [4.69, 9.17) is 5.21 Å². The lowest BCUT2D eigenvalue weighted by atomic mass is 10.2. The Morgan fingerprint density at radius 2 is 2.10 bits per heavy atom. The van der Waals surface area contributed by atoms with E-state index in [1.54, 1.807) is 0 Å². The van der Waals surface area contributed by atoms with E-state index in [2.05, 4.69) is 10.1 Å². The molecule has 0 atom stereocenters. The van der Waals surface area contributed by atoms with Gasteiger partial charge in [-0.3, -0.25) is 0 Å². The maximum absolute atomic E-state index is 8.27. The monoisotopic (exact) mass is 144 g/mol. The van der Waals surface area contributed by atoms with Crippen LogP contribution in [0.5, 0.6) is 0 Å². The van der Waals surface area contributed by atoms with Gasteiger partial charge in [-0.25, -0.2) is 0 Å². The summed E-state index contributed by atoms with van der Waals surface area (Å²) < 4.78 is 0. The molecule has 0 fully saturated rings. The zero-order valence-electron chi connectivity index (χ0n) is 6.96. The fourth-order valence-electron chi connectivity index (χ4n) is 0.701. The Morgan fingerprint density at radius 3 is 2.50 bits per heavy atom. The van der Waals surface area contributed by atoms with Gasteiger partial charge in [-0.2, -0.15) is 0 Å². The second-order valence-corrected chi connectivity index (χ2v) is 2.74. The van der Waals surface area contributed by atoms with Crippen LogP contribution in [0.2, 0.25) is 0 Å². The average molecular weight is 144 g/mol. The summed E-state index contributed by atoms with van der Waals surface area (Å²) in [5.74, 6) is 0. The zero-order valence-corrected chi connectivity index (χ0v) is 6.96. The van der Waals surface area contributed by atoms with Crippen molar-refractivity contribution in [2.45, 2.75) is 19.8 Å². The highest BCUT2D eigenvalue weighted by Gasteiger charge is 1.93. The molecule has 1 N–H and O–H groups in total. The molecular formula is C7H16N2O. The van der Waals surface area contributed by atoms with Crippen molar-refractivity contribution in [1.82, 2.24) is 4.90 Å². The van der Waals surface area contributed by atoms with Gasteiger partial charge in [0.25, 0.3) is 0 Å². The summed E-state index contributed by atoms with van der Waals surface area (Å²) in [6.07, 6.45) is 1.94. The largest absolute Gasteiger partial charge is 0.411 e. The molecule has 0 spiro atoms. The SMILES string of the molecule is C/C(CCCN(C)C)=N/O. The summed E-state index contributed by atoms with van der Waals surface area (Å²) in [4.78, 5) is 2.12. The van der Waals surface area contributed by atoms with Gasteiger partial charge in [-0.1, -0.05) is 5.16 Å². The first kappa shape index (κ1) is 9.43. The van der Waals surface area contributed by atoms with Gasteiger partial charge in [0.15, 0.2) is 0 Å². The van der Waals surface area contributed by atoms with Crippen molar-refractivity contribution in [3.8, 4) is 0 Å². The Labute approximate surface area is 62.3 Å². The van der Waals surface area contributed by atoms with E-state index in [9.17, 15) is 0 Å². The van der Waals surface area contributed by atoms with Gasteiger partial charge in [0.1, 0.15) is 0 Å². The highest BCUT2D eigenvalue weighted by atomic mass is 16.4. The minimum Gasteiger partial charge on any atom is -0.411 e. The zero-order chi connectivity index (χ0) is 7.98. The first-order valence-electron chi connectivity index (χ1n) is 3.49. The first-order valence-corrected chi connectivity index (χ1v) is 3.49. The second-order valence-electron chi connectivity index (χ2n) is 2.74. The van der Waals surface area contributed by atoms with Gasteiger partial charge in [-0.05, 0) is 40.4 Å². The lowest BCUT2D eigenvalue weighted by molar-refractivity contribution is 0.316. The van der Waals surface area contributed by atoms with Crippen LogP contribution in [0.25, 0.3) is 0 Å². The standard InChI is InChI=1S/C7H16N2O/c1-7(8-10)5-4-6-9(2)3/h10H,4-6H2,1-3H3/b8-7-. The molecule has 0 unspecified atom stereocenters. The molecule has 0 aliphatic carbocycles. The van der Waals surface area contributed by atoms with E-state index in [-0.39, 0.29) is 0 Å². The number of oxime groups is 1. The number of rotatable bonds is 4. The van der Waals surface area contributed by atoms with Crippen LogP contribution in [0.3, 0.4) is 0 Å². The number of hydrogen-bond donors (Lipinski definition) is 1. The van der Waals surface area contributed by atoms with Gasteiger partial charge < -0.3 is 10.1 Å². The summed E-state index contributed by atoms with van der Waals surface area (Å²) in [6, 6.07) is 0. The molecule has 0 rings (SSSR count). The molecular weight excluding hydrogens is 128 g/mol. The molecule has 0 saturated heterocycles. The van der Waals surface area contributed by atoms with E-state index in [1.165, 1.54) is 0 Å². The van der Waals surface area contributed by atoms with Crippen LogP contribution in [-0.2, 0) is 0 Å². The average Bonchev–Trinajstić information content (AvgIpc) is 1.87. The van der Waals surface area contributed by atoms with Crippen molar-refractivity contribution in [2.24, 2.45) is 5.16 Å². The molecule has 0 aromatic heterocycles. The Kier molecular flexibility index (Phi) is 4.94. The van der Waals surface area contributed by atoms with Crippen molar-refractivity contribution >= 4 is 5.71 Å². The van der Waals surface area contributed by atoms with E-state index in [0.29, 0.717) is 0 Å². The van der Waals surface area contributed by atoms with Crippen LogP contribution in [0, 0.1) is 0 Å². The minimum absolute atomic E-state index is 0.807. The van der Waals surface area contributed by atoms with Gasteiger partial charge in [0.05, 0.1) is 5.71 Å². The van der Waals surface area contributed by atoms with E-state index < -0.39 is 0 Å². The van der Waals surface area contributed by atoms with Gasteiger partial charge in [0, 0.05) is 0 Å². The molecule has 0 radical (unpaired) electrons. The van der Waals surface area contributed by atoms with Crippen molar-refractivity contribution in [3.63, 3.8) is 0 Å². The van der Waals surface area contributed by atoms with Gasteiger partial charge >= 0.3 is 0 Å². The highest BCUT2D eigenvalue weighted by Crippen LogP contribution is 1.92. The van der Waals surface area contributed by atoms with Crippen LogP contribution in [0.1, 0.15) is 19.8 Å². The minimum atomic E-state index is 0.807. The molecule has 0 saturated carbocycles. The van der Waals surface area contributed by atoms with Crippen LogP contribution in [0.4, 0.5) is 0 Å². The number of nitrogens with zero attached hydrogens (tertiary/aromatic N) is 2. The molecule has 0 amide bonds. The maximum Gasteiger partial charge on any atom is 0.0540 e. The summed E-state index contributed by atoms with van der Waals surface area (Å²) in [6.45, 7) is 2.88. The predicted octanol–water partition coefficient (Wildman–Crippen LogP) is 1.18. The third-order valence-electron chi connectivity index (χ3n) is 1.31. The Morgan fingerprint density at radius 1 is 1.50 bits per heavy atom. The smallest absolute Gasteiger partial charge is 0.0540 e. The third kappa shape index (κ3) is 5.56. The van der Waals surface area contributed by atoms with Crippen molar-refractivity contribution in [3.05, 3.63) is 0 Å². The fraction of sp³-hybridized carbons (Fsp3) is 0.857. The van der Waals surface area contributed by atoms with Crippen molar-refractivity contribution in [1.29, 1.82) is 0 Å². The van der Waals surface area contributed by atoms with Gasteiger partial charge in [-0.15, -0.1) is 0 Å². The maximum atomic E-state index is 8.27.